The first-order valence-corrected chi connectivity index (χ1v) is 10.1. The Hall–Kier alpha value is -2.27. The highest BCUT2D eigenvalue weighted by atomic mass is 32.2. The summed E-state index contributed by atoms with van der Waals surface area (Å²) in [5.41, 5.74) is 1.89. The molecular weight excluding hydrogens is 403 g/mol. The molecule has 0 fully saturated rings. The number of halogens is 3. The molecule has 3 heterocycles. The topological polar surface area (TPSA) is 74.1 Å². The van der Waals surface area contributed by atoms with E-state index in [1.54, 1.807) is 25.1 Å². The van der Waals surface area contributed by atoms with E-state index in [0.717, 1.165) is 0 Å². The van der Waals surface area contributed by atoms with Crippen molar-refractivity contribution in [2.24, 2.45) is 0 Å². The molecule has 6 nitrogen and oxygen atoms in total. The molecule has 11 heteroatoms. The van der Waals surface area contributed by atoms with Crippen molar-refractivity contribution in [3.05, 3.63) is 41.7 Å². The van der Waals surface area contributed by atoms with Crippen molar-refractivity contribution < 1.29 is 26.3 Å². The molecule has 4 rings (SSSR count). The number of rotatable bonds is 5. The van der Waals surface area contributed by atoms with Gasteiger partial charge < -0.3 is 4.74 Å². The molecule has 3 aromatic rings. The largest absolute Gasteiger partial charge is 0.484 e. The van der Waals surface area contributed by atoms with Crippen LogP contribution < -0.4 is 4.74 Å². The van der Waals surface area contributed by atoms with Gasteiger partial charge in [0, 0.05) is 11.8 Å². The van der Waals surface area contributed by atoms with Crippen LogP contribution in [0, 0.1) is 6.92 Å². The zero-order valence-corrected chi connectivity index (χ0v) is 15.5. The lowest BCUT2D eigenvalue weighted by molar-refractivity contribution is -0.153. The third-order valence-corrected chi connectivity index (χ3v) is 6.79. The first kappa shape index (κ1) is 18.1. The molecule has 0 N–H and O–H groups in total. The Morgan fingerprint density at radius 1 is 1.30 bits per heavy atom. The molecule has 4 bridgehead atoms. The monoisotopic (exact) mass is 415 g/mol. The van der Waals surface area contributed by atoms with Crippen molar-refractivity contribution in [1.82, 2.24) is 13.9 Å². The molecule has 0 amide bonds. The van der Waals surface area contributed by atoms with Gasteiger partial charge in [0.25, 0.3) is 0 Å². The Balaban J connectivity index is 1.61. The normalized spacial score (nSPS) is 17.0. The third-order valence-electron chi connectivity index (χ3n) is 4.05. The van der Waals surface area contributed by atoms with Crippen molar-refractivity contribution in [2.45, 2.75) is 28.9 Å². The van der Waals surface area contributed by atoms with E-state index in [9.17, 15) is 21.6 Å². The van der Waals surface area contributed by atoms with E-state index in [0.29, 0.717) is 27.2 Å². The number of ether oxygens (including phenoxy) is 1. The van der Waals surface area contributed by atoms with Crippen molar-refractivity contribution in [2.75, 3.05) is 6.61 Å². The van der Waals surface area contributed by atoms with Gasteiger partial charge in [0.2, 0.25) is 5.16 Å². The van der Waals surface area contributed by atoms with E-state index >= 15 is 0 Å². The van der Waals surface area contributed by atoms with E-state index in [1.807, 2.05) is 0 Å². The molecule has 0 saturated carbocycles. The highest BCUT2D eigenvalue weighted by Gasteiger charge is 2.31. The Morgan fingerprint density at radius 2 is 2.07 bits per heavy atom. The lowest BCUT2D eigenvalue weighted by Crippen LogP contribution is -2.20. The minimum absolute atomic E-state index is 0.0285. The first-order chi connectivity index (χ1) is 12.8. The van der Waals surface area contributed by atoms with Crippen molar-refractivity contribution in [1.29, 1.82) is 0 Å². The number of aromatic nitrogens is 3. The van der Waals surface area contributed by atoms with Gasteiger partial charge in [0.15, 0.2) is 17.6 Å². The number of hydrogen-bond donors (Lipinski definition) is 0. The molecule has 0 radical (unpaired) electrons. The molecular formula is C16H12F3N3O3S2. The van der Waals surface area contributed by atoms with Crippen LogP contribution in [0.15, 0.2) is 40.5 Å². The number of nitrogens with zero attached hydrogens (tertiary/aromatic N) is 3. The summed E-state index contributed by atoms with van der Waals surface area (Å²) in [5.74, 6) is -0.0500. The van der Waals surface area contributed by atoms with Crippen LogP contribution in [0.1, 0.15) is 11.3 Å². The molecule has 1 aliphatic heterocycles. The Bertz CT molecular complexity index is 1110. The van der Waals surface area contributed by atoms with Gasteiger partial charge in [-0.05, 0) is 25.1 Å². The van der Waals surface area contributed by atoms with Gasteiger partial charge >= 0.3 is 6.18 Å². The number of alkyl halides is 3. The molecule has 2 unspecified atom stereocenters. The number of pyridine rings is 1. The standard InChI is InChI=1S/C16H12F3N3O3S2/c1-9-10(20-6-5-12(9)25-8-16(17,18)19)7-26(23)15-21-14-11-3-2-4-13(14)27(24)22(11)15/h2-6H,7-8H2,1H3. The maximum absolute atomic E-state index is 12.8. The summed E-state index contributed by atoms with van der Waals surface area (Å²) in [4.78, 5) is 8.98. The van der Waals surface area contributed by atoms with Crippen LogP contribution in [0.3, 0.4) is 0 Å². The van der Waals surface area contributed by atoms with Gasteiger partial charge in [-0.2, -0.15) is 13.2 Å². The van der Waals surface area contributed by atoms with Gasteiger partial charge in [0.1, 0.15) is 11.3 Å². The van der Waals surface area contributed by atoms with E-state index in [2.05, 4.69) is 9.97 Å². The van der Waals surface area contributed by atoms with E-state index in [-0.39, 0.29) is 16.7 Å². The Labute approximate surface area is 156 Å². The van der Waals surface area contributed by atoms with Crippen molar-refractivity contribution >= 4 is 32.8 Å². The Morgan fingerprint density at radius 3 is 2.78 bits per heavy atom. The van der Waals surface area contributed by atoms with Crippen LogP contribution >= 0.6 is 0 Å². The zero-order valence-electron chi connectivity index (χ0n) is 13.8. The summed E-state index contributed by atoms with van der Waals surface area (Å²) in [6, 6.07) is 6.52. The summed E-state index contributed by atoms with van der Waals surface area (Å²) in [5, 5.41) is 0.157. The molecule has 1 aliphatic rings. The predicted octanol–water partition coefficient (Wildman–Crippen LogP) is 2.87. The van der Waals surface area contributed by atoms with Crippen LogP contribution in [0.5, 0.6) is 5.75 Å². The van der Waals surface area contributed by atoms with Gasteiger partial charge in [-0.1, -0.05) is 6.07 Å². The molecule has 1 aromatic carbocycles. The van der Waals surface area contributed by atoms with Crippen LogP contribution in [0.25, 0.3) is 11.0 Å². The molecule has 0 aliphatic carbocycles. The molecule has 0 saturated heterocycles. The summed E-state index contributed by atoms with van der Waals surface area (Å²) in [6.07, 6.45) is -3.15. The fraction of sp³-hybridized carbons (Fsp3) is 0.250. The second-order valence-electron chi connectivity index (χ2n) is 5.84. The van der Waals surface area contributed by atoms with Crippen LogP contribution in [0.2, 0.25) is 0 Å². The van der Waals surface area contributed by atoms with E-state index in [1.165, 1.54) is 16.2 Å². The van der Waals surface area contributed by atoms with Crippen molar-refractivity contribution in [3.8, 4) is 5.75 Å². The number of benzene rings is 1. The van der Waals surface area contributed by atoms with Gasteiger partial charge in [0.05, 0.1) is 32.7 Å². The molecule has 142 valence electrons. The fourth-order valence-electron chi connectivity index (χ4n) is 2.78. The summed E-state index contributed by atoms with van der Waals surface area (Å²) in [7, 11) is -3.16. The highest BCUT2D eigenvalue weighted by molar-refractivity contribution is 7.87. The second-order valence-corrected chi connectivity index (χ2v) is 8.48. The number of hydrogen-bond acceptors (Lipinski definition) is 5. The van der Waals surface area contributed by atoms with Crippen molar-refractivity contribution in [3.63, 3.8) is 0 Å². The summed E-state index contributed by atoms with van der Waals surface area (Å²) >= 11 is 0. The third kappa shape index (κ3) is 3.14. The summed E-state index contributed by atoms with van der Waals surface area (Å²) < 4.78 is 68.5. The first-order valence-electron chi connectivity index (χ1n) is 7.72. The van der Waals surface area contributed by atoms with Gasteiger partial charge in [-0.15, -0.1) is 0 Å². The maximum Gasteiger partial charge on any atom is 0.422 e. The van der Waals surface area contributed by atoms with Gasteiger partial charge in [-0.25, -0.2) is 13.2 Å². The molecule has 2 atom stereocenters. The minimum Gasteiger partial charge on any atom is -0.484 e. The maximum atomic E-state index is 12.8. The predicted molar refractivity (Wildman–Crippen MR) is 92.2 cm³/mol. The highest BCUT2D eigenvalue weighted by Crippen LogP contribution is 2.34. The van der Waals surface area contributed by atoms with Crippen LogP contribution in [0.4, 0.5) is 13.2 Å². The average molecular weight is 415 g/mol. The zero-order chi connectivity index (χ0) is 19.3. The number of para-hydroxylation sites is 1. The molecule has 2 aromatic heterocycles. The minimum atomic E-state index is -4.46. The smallest absolute Gasteiger partial charge is 0.422 e. The lowest BCUT2D eigenvalue weighted by atomic mass is 10.2. The molecule has 0 spiro atoms. The average Bonchev–Trinajstić information content (AvgIpc) is 3.05. The fourth-order valence-corrected chi connectivity index (χ4v) is 5.60. The van der Waals surface area contributed by atoms with E-state index < -0.39 is 34.6 Å². The second kappa shape index (κ2) is 6.41. The number of imidazole rings is 1. The van der Waals surface area contributed by atoms with Crippen LogP contribution in [-0.4, -0.2) is 35.1 Å². The quantitative estimate of drug-likeness (QED) is 0.501. The van der Waals surface area contributed by atoms with Crippen LogP contribution in [-0.2, 0) is 27.5 Å². The Kier molecular flexibility index (Phi) is 4.30. The SMILES string of the molecule is Cc1c(OCC(F)(F)F)ccnc1CS(=O)c1nc2c3cccc2n1S3=O. The van der Waals surface area contributed by atoms with Gasteiger partial charge in [-0.3, -0.25) is 9.19 Å². The van der Waals surface area contributed by atoms with E-state index in [4.69, 9.17) is 4.74 Å². The lowest BCUT2D eigenvalue weighted by Gasteiger charge is -2.13. The molecule has 27 heavy (non-hydrogen) atoms. The summed E-state index contributed by atoms with van der Waals surface area (Å²) in [6.45, 7) is 0.133.